The van der Waals surface area contributed by atoms with Crippen molar-refractivity contribution in [3.8, 4) is 27.9 Å². The van der Waals surface area contributed by atoms with Gasteiger partial charge in [-0.1, -0.05) is 141 Å². The zero-order chi connectivity index (χ0) is 36.2. The van der Waals surface area contributed by atoms with Gasteiger partial charge in [0.15, 0.2) is 0 Å². The van der Waals surface area contributed by atoms with E-state index in [1.54, 1.807) is 0 Å². The van der Waals surface area contributed by atoms with Gasteiger partial charge in [-0.3, -0.25) is 0 Å². The van der Waals surface area contributed by atoms with Gasteiger partial charge in [-0.15, -0.1) is 0 Å². The van der Waals surface area contributed by atoms with E-state index in [2.05, 4.69) is 205 Å². The van der Waals surface area contributed by atoms with Crippen molar-refractivity contribution in [1.29, 1.82) is 0 Å². The van der Waals surface area contributed by atoms with Gasteiger partial charge in [0.2, 0.25) is 0 Å². The normalized spacial score (nSPS) is 13.7. The molecule has 9 aromatic rings. The first-order valence-electron chi connectivity index (χ1n) is 19.2. The van der Waals surface area contributed by atoms with E-state index >= 15 is 0 Å². The van der Waals surface area contributed by atoms with E-state index in [1.807, 2.05) is 0 Å². The molecule has 0 N–H and O–H groups in total. The number of aromatic nitrogens is 1. The Morgan fingerprint density at radius 3 is 1.89 bits per heavy atom. The molecule has 0 bridgehead atoms. The Morgan fingerprint density at radius 1 is 0.481 bits per heavy atom. The third kappa shape index (κ3) is 5.41. The second-order valence-corrected chi connectivity index (χ2v) is 15.4. The Hall–Kier alpha value is -6.38. The highest BCUT2D eigenvalue weighted by molar-refractivity contribution is 6.09. The summed E-state index contributed by atoms with van der Waals surface area (Å²) >= 11 is 0. The fourth-order valence-electron chi connectivity index (χ4n) is 9.03. The molecule has 10 rings (SSSR count). The minimum absolute atomic E-state index is 0.139. The van der Waals surface area contributed by atoms with Gasteiger partial charge in [0.1, 0.15) is 0 Å². The quantitative estimate of drug-likeness (QED) is 0.168. The first-order chi connectivity index (χ1) is 26.5. The highest BCUT2D eigenvalue weighted by Gasteiger charge is 2.28. The monoisotopic (exact) mass is 694 g/mol. The summed E-state index contributed by atoms with van der Waals surface area (Å²) in [6.45, 7) is 4.81. The molecule has 0 fully saturated rings. The Balaban J connectivity index is 1.12. The van der Waals surface area contributed by atoms with Crippen LogP contribution in [0.15, 0.2) is 182 Å². The summed E-state index contributed by atoms with van der Waals surface area (Å²) < 4.78 is 2.42. The van der Waals surface area contributed by atoms with E-state index in [0.717, 1.165) is 17.8 Å². The molecule has 0 spiro atoms. The highest BCUT2D eigenvalue weighted by atomic mass is 15.1. The first kappa shape index (κ1) is 32.3. The maximum atomic E-state index is 2.46. The third-order valence-electron chi connectivity index (χ3n) is 11.7. The van der Waals surface area contributed by atoms with Crippen LogP contribution < -0.4 is 4.90 Å². The molecule has 8 aromatic carbocycles. The van der Waals surface area contributed by atoms with Crippen LogP contribution in [-0.4, -0.2) is 4.57 Å². The Bertz CT molecular complexity index is 2780. The molecule has 2 nitrogen and oxygen atoms in total. The van der Waals surface area contributed by atoms with Gasteiger partial charge in [-0.05, 0) is 118 Å². The van der Waals surface area contributed by atoms with Gasteiger partial charge in [-0.25, -0.2) is 0 Å². The van der Waals surface area contributed by atoms with Gasteiger partial charge in [0, 0.05) is 33.4 Å². The van der Waals surface area contributed by atoms with Crippen LogP contribution in [0.2, 0.25) is 0 Å². The lowest BCUT2D eigenvalue weighted by Gasteiger charge is -2.34. The van der Waals surface area contributed by atoms with Gasteiger partial charge in [-0.2, -0.15) is 0 Å². The fraction of sp³-hybridized carbons (Fsp3) is 0.115. The Kier molecular flexibility index (Phi) is 7.73. The van der Waals surface area contributed by atoms with Crippen molar-refractivity contribution in [3.05, 3.63) is 193 Å². The minimum atomic E-state index is 0.139. The van der Waals surface area contributed by atoms with Crippen LogP contribution in [0, 0.1) is 0 Å². The maximum Gasteiger partial charge on any atom is 0.0541 e. The molecule has 0 radical (unpaired) electrons. The summed E-state index contributed by atoms with van der Waals surface area (Å²) in [5, 5.41) is 5.07. The minimum Gasteiger partial charge on any atom is -0.310 e. The van der Waals surface area contributed by atoms with Gasteiger partial charge in [0.05, 0.1) is 16.7 Å². The van der Waals surface area contributed by atoms with Crippen molar-refractivity contribution in [2.75, 3.05) is 4.90 Å². The van der Waals surface area contributed by atoms with Crippen molar-refractivity contribution in [1.82, 2.24) is 4.57 Å². The number of fused-ring (bicyclic) bond motifs is 5. The van der Waals surface area contributed by atoms with Crippen LogP contribution in [0.4, 0.5) is 17.1 Å². The molecule has 0 saturated heterocycles. The number of aryl methyl sites for hydroxylation is 1. The van der Waals surface area contributed by atoms with E-state index in [0.29, 0.717) is 0 Å². The molecule has 1 aliphatic carbocycles. The van der Waals surface area contributed by atoms with Crippen LogP contribution in [0.1, 0.15) is 37.8 Å². The van der Waals surface area contributed by atoms with E-state index in [4.69, 9.17) is 0 Å². The molecule has 260 valence electrons. The lowest BCUT2D eigenvalue weighted by molar-refractivity contribution is 0.432. The number of hydrogen-bond donors (Lipinski definition) is 0. The Morgan fingerprint density at radius 2 is 1.09 bits per heavy atom. The van der Waals surface area contributed by atoms with E-state index in [1.165, 1.54) is 90.2 Å². The number of rotatable bonds is 6. The number of hydrogen-bond acceptors (Lipinski definition) is 1. The number of para-hydroxylation sites is 3. The lowest BCUT2D eigenvalue weighted by Crippen LogP contribution is -2.24. The average molecular weight is 695 g/mol. The molecular formula is C52H42N2. The summed E-state index contributed by atoms with van der Waals surface area (Å²) in [5.41, 5.74) is 15.0. The zero-order valence-corrected chi connectivity index (χ0v) is 30.8. The summed E-state index contributed by atoms with van der Waals surface area (Å²) in [5.74, 6) is 0. The van der Waals surface area contributed by atoms with Crippen molar-refractivity contribution in [2.45, 2.75) is 38.5 Å². The number of anilines is 3. The first-order valence-corrected chi connectivity index (χ1v) is 19.2. The van der Waals surface area contributed by atoms with Crippen LogP contribution in [0.25, 0.3) is 60.5 Å². The van der Waals surface area contributed by atoms with Gasteiger partial charge >= 0.3 is 0 Å². The average Bonchev–Trinajstić information content (AvgIpc) is 3.55. The zero-order valence-electron chi connectivity index (χ0n) is 30.8. The van der Waals surface area contributed by atoms with Crippen molar-refractivity contribution >= 4 is 49.6 Å². The van der Waals surface area contributed by atoms with Gasteiger partial charge < -0.3 is 9.47 Å². The number of benzene rings is 8. The highest BCUT2D eigenvalue weighted by Crippen LogP contribution is 2.44. The summed E-state index contributed by atoms with van der Waals surface area (Å²) in [6, 6.07) is 67.0. The van der Waals surface area contributed by atoms with Crippen LogP contribution in [-0.2, 0) is 11.8 Å². The predicted octanol–water partition coefficient (Wildman–Crippen LogP) is 14.4. The van der Waals surface area contributed by atoms with E-state index < -0.39 is 0 Å². The molecule has 0 unspecified atom stereocenters. The molecule has 1 aromatic heterocycles. The second-order valence-electron chi connectivity index (χ2n) is 15.4. The third-order valence-corrected chi connectivity index (χ3v) is 11.7. The molecule has 0 aliphatic heterocycles. The van der Waals surface area contributed by atoms with Gasteiger partial charge in [0.25, 0.3) is 0 Å². The molecule has 1 heterocycles. The van der Waals surface area contributed by atoms with Crippen LogP contribution in [0.5, 0.6) is 0 Å². The lowest BCUT2D eigenvalue weighted by atomic mass is 9.72. The Labute approximate surface area is 317 Å². The van der Waals surface area contributed by atoms with E-state index in [9.17, 15) is 0 Å². The van der Waals surface area contributed by atoms with Crippen molar-refractivity contribution < 1.29 is 0 Å². The standard InChI is InChI=1S/C52H42N2/c1-52(2)33-13-17-38-29-32-42(35-48(38)52)53(41-18-11-16-39(34-41)44-23-12-15-36-14-3-4-19-43(36)44)40-30-27-37(28-31-40)45-20-5-8-24-49(45)54-50-25-9-6-21-46(50)47-22-7-10-26-51(47)54/h3-12,14-16,18-32,34-35H,13,17,33H2,1-2H3. The van der Waals surface area contributed by atoms with E-state index in [-0.39, 0.29) is 5.41 Å². The second kappa shape index (κ2) is 12.9. The molecule has 1 aliphatic rings. The molecule has 0 atom stereocenters. The molecular weight excluding hydrogens is 653 g/mol. The smallest absolute Gasteiger partial charge is 0.0541 e. The maximum absolute atomic E-state index is 2.46. The topological polar surface area (TPSA) is 8.17 Å². The summed E-state index contributed by atoms with van der Waals surface area (Å²) in [7, 11) is 0. The summed E-state index contributed by atoms with van der Waals surface area (Å²) in [6.07, 6.45) is 3.60. The molecule has 0 amide bonds. The van der Waals surface area contributed by atoms with Crippen molar-refractivity contribution in [2.24, 2.45) is 0 Å². The number of nitrogens with zero attached hydrogens (tertiary/aromatic N) is 2. The van der Waals surface area contributed by atoms with Crippen LogP contribution in [0.3, 0.4) is 0 Å². The molecule has 2 heteroatoms. The SMILES string of the molecule is CC1(C)CCCc2ccc(N(c3ccc(-c4ccccc4-n4c5ccccc5c5ccccc54)cc3)c3cccc(-c4cccc5ccccc45)c3)cc21. The molecule has 0 saturated carbocycles. The largest absolute Gasteiger partial charge is 0.310 e. The summed E-state index contributed by atoms with van der Waals surface area (Å²) in [4.78, 5) is 2.45. The molecule has 54 heavy (non-hydrogen) atoms. The van der Waals surface area contributed by atoms with Crippen LogP contribution >= 0.6 is 0 Å². The fourth-order valence-corrected chi connectivity index (χ4v) is 9.03. The predicted molar refractivity (Wildman–Crippen MR) is 230 cm³/mol. The van der Waals surface area contributed by atoms with Crippen molar-refractivity contribution in [3.63, 3.8) is 0 Å².